The third-order valence-corrected chi connectivity index (χ3v) is 3.90. The van der Waals surface area contributed by atoms with Crippen LogP contribution in [0, 0.1) is 12.3 Å². The van der Waals surface area contributed by atoms with Crippen molar-refractivity contribution in [2.75, 3.05) is 18.0 Å². The first-order valence-electron chi connectivity index (χ1n) is 6.59. The summed E-state index contributed by atoms with van der Waals surface area (Å²) in [6, 6.07) is 1.73. The predicted octanol–water partition coefficient (Wildman–Crippen LogP) is 1.18. The Morgan fingerprint density at radius 1 is 1.50 bits per heavy atom. The van der Waals surface area contributed by atoms with E-state index in [1.54, 1.807) is 26.1 Å². The molecule has 1 amide bonds. The molecule has 20 heavy (non-hydrogen) atoms. The van der Waals surface area contributed by atoms with E-state index < -0.39 is 17.3 Å². The molecule has 1 unspecified atom stereocenters. The number of carbonyl (C=O) groups is 2. The van der Waals surface area contributed by atoms with Gasteiger partial charge in [-0.2, -0.15) is 0 Å². The summed E-state index contributed by atoms with van der Waals surface area (Å²) < 4.78 is 0. The number of amides is 1. The van der Waals surface area contributed by atoms with Crippen molar-refractivity contribution in [3.63, 3.8) is 0 Å². The lowest BCUT2D eigenvalue weighted by molar-refractivity contribution is -0.148. The summed E-state index contributed by atoms with van der Waals surface area (Å²) in [5.74, 6) is -0.867. The smallest absolute Gasteiger partial charge is 0.311 e. The van der Waals surface area contributed by atoms with E-state index in [-0.39, 0.29) is 0 Å². The van der Waals surface area contributed by atoms with Crippen molar-refractivity contribution in [2.24, 2.45) is 11.1 Å². The zero-order valence-corrected chi connectivity index (χ0v) is 11.7. The van der Waals surface area contributed by atoms with Crippen molar-refractivity contribution in [1.82, 2.24) is 4.98 Å². The Balaban J connectivity index is 2.40. The van der Waals surface area contributed by atoms with Gasteiger partial charge in [-0.05, 0) is 38.3 Å². The number of nitrogens with two attached hydrogens (primary N) is 1. The van der Waals surface area contributed by atoms with Crippen LogP contribution in [0.25, 0.3) is 0 Å². The standard InChI is InChI=1S/C14H19N3O3/c1-9-4-6-16-12(10(9)11(15)18)17-7-3-5-14(2,8-17)13(19)20/h4,6H,3,5,7-8H2,1-2H3,(H2,15,18)(H,19,20). The molecule has 0 radical (unpaired) electrons. The monoisotopic (exact) mass is 277 g/mol. The normalized spacial score (nSPS) is 22.6. The summed E-state index contributed by atoms with van der Waals surface area (Å²) in [6.45, 7) is 4.53. The number of carboxylic acids is 1. The predicted molar refractivity (Wildman–Crippen MR) is 74.7 cm³/mol. The van der Waals surface area contributed by atoms with E-state index in [1.165, 1.54) is 0 Å². The molecule has 108 valence electrons. The van der Waals surface area contributed by atoms with E-state index in [4.69, 9.17) is 5.73 Å². The number of piperidine rings is 1. The van der Waals surface area contributed by atoms with Gasteiger partial charge in [0.2, 0.25) is 0 Å². The maximum atomic E-state index is 11.6. The molecule has 1 fully saturated rings. The number of aliphatic carboxylic acids is 1. The number of nitrogens with zero attached hydrogens (tertiary/aromatic N) is 2. The molecular weight excluding hydrogens is 258 g/mol. The van der Waals surface area contributed by atoms with Crippen LogP contribution >= 0.6 is 0 Å². The SMILES string of the molecule is Cc1ccnc(N2CCCC(C)(C(=O)O)C2)c1C(N)=O. The summed E-state index contributed by atoms with van der Waals surface area (Å²) in [5, 5.41) is 9.36. The van der Waals surface area contributed by atoms with Gasteiger partial charge in [0.05, 0.1) is 11.0 Å². The maximum absolute atomic E-state index is 11.6. The summed E-state index contributed by atoms with van der Waals surface area (Å²) in [7, 11) is 0. The Kier molecular flexibility index (Phi) is 3.65. The lowest BCUT2D eigenvalue weighted by atomic mass is 9.82. The molecule has 1 saturated heterocycles. The molecule has 0 spiro atoms. The second kappa shape index (κ2) is 5.11. The van der Waals surface area contributed by atoms with Gasteiger partial charge in [-0.1, -0.05) is 0 Å². The summed E-state index contributed by atoms with van der Waals surface area (Å²) in [4.78, 5) is 29.1. The number of pyridine rings is 1. The highest BCUT2D eigenvalue weighted by Crippen LogP contribution is 2.33. The average molecular weight is 277 g/mol. The van der Waals surface area contributed by atoms with Gasteiger partial charge in [0.15, 0.2) is 0 Å². The van der Waals surface area contributed by atoms with Gasteiger partial charge in [0.1, 0.15) is 5.82 Å². The molecule has 0 aromatic carbocycles. The molecule has 6 nitrogen and oxygen atoms in total. The number of carboxylic acid groups (broad SMARTS) is 1. The Hall–Kier alpha value is -2.11. The third-order valence-electron chi connectivity index (χ3n) is 3.90. The molecule has 1 aromatic heterocycles. The molecule has 1 aliphatic rings. The minimum Gasteiger partial charge on any atom is -0.481 e. The van der Waals surface area contributed by atoms with Crippen molar-refractivity contribution in [3.8, 4) is 0 Å². The van der Waals surface area contributed by atoms with Gasteiger partial charge in [-0.3, -0.25) is 9.59 Å². The van der Waals surface area contributed by atoms with Crippen LogP contribution in [0.3, 0.4) is 0 Å². The fourth-order valence-corrected chi connectivity index (χ4v) is 2.68. The van der Waals surface area contributed by atoms with Gasteiger partial charge < -0.3 is 15.7 Å². The number of hydrogen-bond donors (Lipinski definition) is 2. The van der Waals surface area contributed by atoms with E-state index in [0.29, 0.717) is 30.9 Å². The van der Waals surface area contributed by atoms with Gasteiger partial charge >= 0.3 is 5.97 Å². The van der Waals surface area contributed by atoms with Gasteiger partial charge in [0.25, 0.3) is 5.91 Å². The molecule has 1 aliphatic heterocycles. The number of hydrogen-bond acceptors (Lipinski definition) is 4. The number of rotatable bonds is 3. The minimum atomic E-state index is -0.824. The quantitative estimate of drug-likeness (QED) is 0.864. The highest BCUT2D eigenvalue weighted by Gasteiger charge is 2.39. The molecule has 1 atom stereocenters. The molecule has 3 N–H and O–H groups in total. The molecule has 0 bridgehead atoms. The van der Waals surface area contributed by atoms with Crippen LogP contribution in [0.5, 0.6) is 0 Å². The number of carbonyl (C=O) groups excluding carboxylic acids is 1. The molecule has 2 rings (SSSR count). The second-order valence-corrected chi connectivity index (χ2v) is 5.58. The van der Waals surface area contributed by atoms with E-state index >= 15 is 0 Å². The molecular formula is C14H19N3O3. The van der Waals surface area contributed by atoms with Crippen LogP contribution in [-0.2, 0) is 4.79 Å². The van der Waals surface area contributed by atoms with E-state index in [1.807, 2.05) is 4.90 Å². The Morgan fingerprint density at radius 2 is 2.20 bits per heavy atom. The van der Waals surface area contributed by atoms with Crippen LogP contribution in [0.2, 0.25) is 0 Å². The minimum absolute atomic E-state index is 0.332. The first kappa shape index (κ1) is 14.3. The van der Waals surface area contributed by atoms with Crippen molar-refractivity contribution >= 4 is 17.7 Å². The van der Waals surface area contributed by atoms with Gasteiger partial charge in [0, 0.05) is 19.3 Å². The van der Waals surface area contributed by atoms with Crippen molar-refractivity contribution < 1.29 is 14.7 Å². The largest absolute Gasteiger partial charge is 0.481 e. The van der Waals surface area contributed by atoms with Crippen LogP contribution in [0.1, 0.15) is 35.7 Å². The van der Waals surface area contributed by atoms with E-state index in [2.05, 4.69) is 4.98 Å². The van der Waals surface area contributed by atoms with E-state index in [9.17, 15) is 14.7 Å². The van der Waals surface area contributed by atoms with Crippen molar-refractivity contribution in [3.05, 3.63) is 23.4 Å². The summed E-state index contributed by atoms with van der Waals surface area (Å²) >= 11 is 0. The zero-order valence-electron chi connectivity index (χ0n) is 11.7. The number of aryl methyl sites for hydroxylation is 1. The molecule has 2 heterocycles. The summed E-state index contributed by atoms with van der Waals surface area (Å²) in [6.07, 6.45) is 2.98. The van der Waals surface area contributed by atoms with Crippen LogP contribution < -0.4 is 10.6 Å². The summed E-state index contributed by atoms with van der Waals surface area (Å²) in [5.41, 5.74) is 5.74. The lowest BCUT2D eigenvalue weighted by Crippen LogP contribution is -2.47. The maximum Gasteiger partial charge on any atom is 0.311 e. The van der Waals surface area contributed by atoms with Crippen LogP contribution in [0.15, 0.2) is 12.3 Å². The number of primary amides is 1. The van der Waals surface area contributed by atoms with Gasteiger partial charge in [-0.15, -0.1) is 0 Å². The fraction of sp³-hybridized carbons (Fsp3) is 0.500. The Bertz CT molecular complexity index is 559. The highest BCUT2D eigenvalue weighted by molar-refractivity contribution is 5.99. The number of aromatic nitrogens is 1. The highest BCUT2D eigenvalue weighted by atomic mass is 16.4. The Labute approximate surface area is 117 Å². The average Bonchev–Trinajstić information content (AvgIpc) is 2.37. The van der Waals surface area contributed by atoms with Crippen molar-refractivity contribution in [2.45, 2.75) is 26.7 Å². The zero-order chi connectivity index (χ0) is 14.9. The fourth-order valence-electron chi connectivity index (χ4n) is 2.68. The van der Waals surface area contributed by atoms with Crippen LogP contribution in [-0.4, -0.2) is 35.1 Å². The molecule has 0 saturated carbocycles. The molecule has 6 heteroatoms. The Morgan fingerprint density at radius 3 is 2.80 bits per heavy atom. The van der Waals surface area contributed by atoms with Crippen molar-refractivity contribution in [1.29, 1.82) is 0 Å². The molecule has 1 aromatic rings. The first-order chi connectivity index (χ1) is 9.35. The topological polar surface area (TPSA) is 96.5 Å². The molecule has 0 aliphatic carbocycles. The van der Waals surface area contributed by atoms with Crippen LogP contribution in [0.4, 0.5) is 5.82 Å². The van der Waals surface area contributed by atoms with E-state index in [0.717, 1.165) is 12.0 Å². The first-order valence-corrected chi connectivity index (χ1v) is 6.59. The lowest BCUT2D eigenvalue weighted by Gasteiger charge is -2.38. The number of anilines is 1. The second-order valence-electron chi connectivity index (χ2n) is 5.58. The third kappa shape index (κ3) is 2.45. The van der Waals surface area contributed by atoms with Gasteiger partial charge in [-0.25, -0.2) is 4.98 Å².